The second-order valence-electron chi connectivity index (χ2n) is 4.93. The number of imidazole rings is 1. The van der Waals surface area contributed by atoms with E-state index >= 15 is 0 Å². The molecular weight excluding hydrogens is 309 g/mol. The summed E-state index contributed by atoms with van der Waals surface area (Å²) >= 11 is 12.6. The number of aromatic nitrogens is 4. The van der Waals surface area contributed by atoms with Gasteiger partial charge in [-0.25, -0.2) is 9.67 Å². The Kier molecular flexibility index (Phi) is 3.34. The summed E-state index contributed by atoms with van der Waals surface area (Å²) in [6, 6.07) is 3.63. The molecule has 1 aromatic carbocycles. The highest BCUT2D eigenvalue weighted by Gasteiger charge is 2.20. The second-order valence-corrected chi connectivity index (χ2v) is 5.75. The Balaban J connectivity index is 2.40. The van der Waals surface area contributed by atoms with Gasteiger partial charge in [0.2, 0.25) is 5.95 Å². The maximum Gasteiger partial charge on any atom is 0.207 e. The van der Waals surface area contributed by atoms with Crippen molar-refractivity contribution in [2.75, 3.05) is 5.73 Å². The maximum atomic E-state index is 6.38. The SMILES string of the molecule is CCn1nc(C)c2nc(N)n(-c3cc(Cl)c(C)cc3Cl)c21. The zero-order valence-electron chi connectivity index (χ0n) is 12.0. The zero-order chi connectivity index (χ0) is 15.3. The van der Waals surface area contributed by atoms with E-state index in [9.17, 15) is 0 Å². The number of benzene rings is 1. The van der Waals surface area contributed by atoms with Crippen LogP contribution < -0.4 is 5.73 Å². The van der Waals surface area contributed by atoms with Crippen LogP contribution in [0.25, 0.3) is 16.9 Å². The summed E-state index contributed by atoms with van der Waals surface area (Å²) in [4.78, 5) is 4.41. The van der Waals surface area contributed by atoms with Gasteiger partial charge in [-0.05, 0) is 38.5 Å². The van der Waals surface area contributed by atoms with Gasteiger partial charge in [-0.15, -0.1) is 0 Å². The lowest BCUT2D eigenvalue weighted by Crippen LogP contribution is -2.07. The Labute approximate surface area is 132 Å². The standard InChI is InChI=1S/C14H15Cl2N5/c1-4-20-13-12(8(3)19-20)18-14(17)21(13)11-6-9(15)7(2)5-10(11)16/h5-6H,4H2,1-3H3,(H2,17,18). The van der Waals surface area contributed by atoms with Crippen molar-refractivity contribution in [1.29, 1.82) is 0 Å². The fourth-order valence-electron chi connectivity index (χ4n) is 2.45. The number of rotatable bonds is 2. The molecule has 0 saturated carbocycles. The highest BCUT2D eigenvalue weighted by Crippen LogP contribution is 2.32. The molecule has 0 radical (unpaired) electrons. The van der Waals surface area contributed by atoms with Crippen LogP contribution in [0.1, 0.15) is 18.2 Å². The number of nitrogens with two attached hydrogens (primary N) is 1. The molecule has 2 N–H and O–H groups in total. The fraction of sp³-hybridized carbons (Fsp3) is 0.286. The molecule has 0 fully saturated rings. The van der Waals surface area contributed by atoms with Gasteiger partial charge in [0, 0.05) is 11.6 Å². The third-order valence-electron chi connectivity index (χ3n) is 3.51. The number of aryl methyl sites for hydroxylation is 3. The maximum absolute atomic E-state index is 6.38. The molecule has 2 aromatic heterocycles. The van der Waals surface area contributed by atoms with Crippen molar-refractivity contribution in [3.63, 3.8) is 0 Å². The second kappa shape index (κ2) is 4.93. The Morgan fingerprint density at radius 3 is 2.57 bits per heavy atom. The summed E-state index contributed by atoms with van der Waals surface area (Å²) in [5.41, 5.74) is 10.2. The lowest BCUT2D eigenvalue weighted by molar-refractivity contribution is 0.663. The molecule has 5 nitrogen and oxygen atoms in total. The largest absolute Gasteiger partial charge is 0.369 e. The van der Waals surface area contributed by atoms with E-state index in [0.29, 0.717) is 28.2 Å². The first-order valence-electron chi connectivity index (χ1n) is 6.61. The Hall–Kier alpha value is -1.72. The first-order chi connectivity index (χ1) is 9.93. The molecule has 0 spiro atoms. The van der Waals surface area contributed by atoms with E-state index in [1.807, 2.05) is 31.5 Å². The van der Waals surface area contributed by atoms with Crippen molar-refractivity contribution in [3.05, 3.63) is 33.4 Å². The Morgan fingerprint density at radius 2 is 1.90 bits per heavy atom. The van der Waals surface area contributed by atoms with Crippen LogP contribution >= 0.6 is 23.2 Å². The van der Waals surface area contributed by atoms with Gasteiger partial charge in [0.05, 0.1) is 16.4 Å². The topological polar surface area (TPSA) is 61.7 Å². The van der Waals surface area contributed by atoms with Crippen LogP contribution in [0.15, 0.2) is 12.1 Å². The van der Waals surface area contributed by atoms with Gasteiger partial charge < -0.3 is 5.73 Å². The van der Waals surface area contributed by atoms with E-state index in [4.69, 9.17) is 28.9 Å². The van der Waals surface area contributed by atoms with Crippen LogP contribution in [0, 0.1) is 13.8 Å². The predicted octanol–water partition coefficient (Wildman–Crippen LogP) is 3.75. The normalized spacial score (nSPS) is 11.5. The summed E-state index contributed by atoms with van der Waals surface area (Å²) in [5, 5.41) is 5.67. The van der Waals surface area contributed by atoms with Crippen molar-refractivity contribution in [2.45, 2.75) is 27.3 Å². The summed E-state index contributed by atoms with van der Waals surface area (Å²) in [7, 11) is 0. The number of nitrogen functional groups attached to an aromatic ring is 1. The number of hydrogen-bond acceptors (Lipinski definition) is 3. The summed E-state index contributed by atoms with van der Waals surface area (Å²) in [6.45, 7) is 6.55. The molecule has 3 aromatic rings. The van der Waals surface area contributed by atoms with E-state index in [1.54, 1.807) is 10.6 Å². The van der Waals surface area contributed by atoms with E-state index < -0.39 is 0 Å². The van der Waals surface area contributed by atoms with Gasteiger partial charge in [0.1, 0.15) is 5.52 Å². The smallest absolute Gasteiger partial charge is 0.207 e. The fourth-order valence-corrected chi connectivity index (χ4v) is 2.91. The summed E-state index contributed by atoms with van der Waals surface area (Å²) in [5.74, 6) is 0.370. The highest BCUT2D eigenvalue weighted by molar-refractivity contribution is 6.35. The molecule has 0 aliphatic rings. The minimum atomic E-state index is 0.370. The van der Waals surface area contributed by atoms with Crippen molar-refractivity contribution < 1.29 is 0 Å². The first-order valence-corrected chi connectivity index (χ1v) is 7.37. The van der Waals surface area contributed by atoms with E-state index in [0.717, 1.165) is 22.4 Å². The Morgan fingerprint density at radius 1 is 1.19 bits per heavy atom. The van der Waals surface area contributed by atoms with Gasteiger partial charge in [-0.2, -0.15) is 5.10 Å². The number of nitrogens with zero attached hydrogens (tertiary/aromatic N) is 4. The van der Waals surface area contributed by atoms with Crippen LogP contribution in [0.5, 0.6) is 0 Å². The third kappa shape index (κ3) is 2.08. The molecule has 2 heterocycles. The highest BCUT2D eigenvalue weighted by atomic mass is 35.5. The van der Waals surface area contributed by atoms with Crippen LogP contribution in [0.4, 0.5) is 5.95 Å². The summed E-state index contributed by atoms with van der Waals surface area (Å²) in [6.07, 6.45) is 0. The molecule has 110 valence electrons. The van der Waals surface area contributed by atoms with E-state index in [2.05, 4.69) is 10.1 Å². The minimum Gasteiger partial charge on any atom is -0.369 e. The first kappa shape index (κ1) is 14.2. The third-order valence-corrected chi connectivity index (χ3v) is 4.22. The lowest BCUT2D eigenvalue weighted by atomic mass is 10.2. The van der Waals surface area contributed by atoms with Gasteiger partial charge in [0.25, 0.3) is 0 Å². The Bertz CT molecular complexity index is 847. The lowest BCUT2D eigenvalue weighted by Gasteiger charge is -2.11. The molecule has 0 unspecified atom stereocenters. The van der Waals surface area contributed by atoms with Crippen LogP contribution in [0.3, 0.4) is 0 Å². The van der Waals surface area contributed by atoms with Gasteiger partial charge in [-0.3, -0.25) is 4.57 Å². The van der Waals surface area contributed by atoms with Crippen molar-refractivity contribution in [2.24, 2.45) is 0 Å². The molecule has 0 saturated heterocycles. The van der Waals surface area contributed by atoms with Crippen LogP contribution in [-0.4, -0.2) is 19.3 Å². The van der Waals surface area contributed by atoms with E-state index in [1.165, 1.54) is 0 Å². The molecule has 3 rings (SSSR count). The molecule has 21 heavy (non-hydrogen) atoms. The molecule has 7 heteroatoms. The average Bonchev–Trinajstić information content (AvgIpc) is 2.91. The molecule has 0 amide bonds. The zero-order valence-corrected chi connectivity index (χ0v) is 13.5. The van der Waals surface area contributed by atoms with Crippen molar-refractivity contribution in [1.82, 2.24) is 19.3 Å². The predicted molar refractivity (Wildman–Crippen MR) is 86.4 cm³/mol. The number of hydrogen-bond donors (Lipinski definition) is 1. The van der Waals surface area contributed by atoms with Gasteiger partial charge in [-0.1, -0.05) is 23.2 Å². The van der Waals surface area contributed by atoms with Gasteiger partial charge in [0.15, 0.2) is 5.65 Å². The van der Waals surface area contributed by atoms with E-state index in [-0.39, 0.29) is 0 Å². The number of halogens is 2. The quantitative estimate of drug-likeness (QED) is 0.781. The van der Waals surface area contributed by atoms with Crippen LogP contribution in [0.2, 0.25) is 10.0 Å². The van der Waals surface area contributed by atoms with Gasteiger partial charge >= 0.3 is 0 Å². The molecular formula is C14H15Cl2N5. The molecule has 0 atom stereocenters. The number of anilines is 1. The number of fused-ring (bicyclic) bond motifs is 1. The van der Waals surface area contributed by atoms with Crippen LogP contribution in [-0.2, 0) is 6.54 Å². The monoisotopic (exact) mass is 323 g/mol. The average molecular weight is 324 g/mol. The van der Waals surface area contributed by atoms with Crippen molar-refractivity contribution in [3.8, 4) is 5.69 Å². The molecule has 0 bridgehead atoms. The minimum absolute atomic E-state index is 0.370. The molecule has 0 aliphatic carbocycles. The van der Waals surface area contributed by atoms with Crippen molar-refractivity contribution >= 4 is 40.3 Å². The summed E-state index contributed by atoms with van der Waals surface area (Å²) < 4.78 is 3.66. The molecule has 0 aliphatic heterocycles.